The third-order valence-corrected chi connectivity index (χ3v) is 4.01. The fraction of sp³-hybridized carbons (Fsp3) is 0.118. The van der Waals surface area contributed by atoms with Gasteiger partial charge in [-0.2, -0.15) is 0 Å². The van der Waals surface area contributed by atoms with Crippen molar-refractivity contribution in [3.63, 3.8) is 0 Å². The van der Waals surface area contributed by atoms with Crippen LogP contribution in [0.25, 0.3) is 22.0 Å². The molecule has 3 nitrogen and oxygen atoms in total. The molecule has 98 valence electrons. The summed E-state index contributed by atoms with van der Waals surface area (Å²) in [6.07, 6.45) is 0.851. The highest BCUT2D eigenvalue weighted by Gasteiger charge is 2.22. The molecule has 0 unspecified atom stereocenters. The van der Waals surface area contributed by atoms with Crippen molar-refractivity contribution in [2.75, 3.05) is 0 Å². The van der Waals surface area contributed by atoms with Crippen molar-refractivity contribution < 1.29 is 5.11 Å². The number of nitrogens with zero attached hydrogens (tertiary/aromatic N) is 1. The van der Waals surface area contributed by atoms with Crippen molar-refractivity contribution in [3.05, 3.63) is 64.4 Å². The van der Waals surface area contributed by atoms with Gasteiger partial charge in [0.25, 0.3) is 5.56 Å². The first kappa shape index (κ1) is 11.3. The summed E-state index contributed by atoms with van der Waals surface area (Å²) >= 11 is 0. The molecule has 20 heavy (non-hydrogen) atoms. The van der Waals surface area contributed by atoms with Crippen LogP contribution in [0.3, 0.4) is 0 Å². The molecule has 4 rings (SSSR count). The Balaban J connectivity index is 2.19. The highest BCUT2D eigenvalue weighted by atomic mass is 16.3. The van der Waals surface area contributed by atoms with E-state index in [1.807, 2.05) is 48.5 Å². The van der Waals surface area contributed by atoms with Gasteiger partial charge in [0, 0.05) is 11.9 Å². The number of para-hydroxylation sites is 1. The lowest BCUT2D eigenvalue weighted by Crippen LogP contribution is -2.20. The first-order valence-electron chi connectivity index (χ1n) is 6.70. The van der Waals surface area contributed by atoms with Crippen LogP contribution in [0.2, 0.25) is 0 Å². The van der Waals surface area contributed by atoms with Crippen molar-refractivity contribution >= 4 is 10.9 Å². The van der Waals surface area contributed by atoms with Crippen molar-refractivity contribution in [2.45, 2.75) is 13.0 Å². The lowest BCUT2D eigenvalue weighted by atomic mass is 10.0. The molecule has 0 amide bonds. The van der Waals surface area contributed by atoms with Gasteiger partial charge in [0.15, 0.2) is 0 Å². The van der Waals surface area contributed by atoms with Gasteiger partial charge < -0.3 is 9.67 Å². The van der Waals surface area contributed by atoms with Gasteiger partial charge in [-0.25, -0.2) is 0 Å². The van der Waals surface area contributed by atoms with Crippen LogP contribution < -0.4 is 5.56 Å². The average molecular weight is 263 g/mol. The number of aryl methyl sites for hydroxylation is 2. The second kappa shape index (κ2) is 3.97. The van der Waals surface area contributed by atoms with Crippen LogP contribution >= 0.6 is 0 Å². The van der Waals surface area contributed by atoms with E-state index < -0.39 is 0 Å². The molecule has 0 spiro atoms. The van der Waals surface area contributed by atoms with Crippen LogP contribution in [0.4, 0.5) is 0 Å². The maximum absolute atomic E-state index is 12.7. The van der Waals surface area contributed by atoms with Crippen molar-refractivity contribution in [2.24, 2.45) is 0 Å². The molecule has 1 aliphatic heterocycles. The quantitative estimate of drug-likeness (QED) is 0.733. The van der Waals surface area contributed by atoms with Crippen molar-refractivity contribution in [1.29, 1.82) is 0 Å². The molecule has 0 radical (unpaired) electrons. The first-order valence-corrected chi connectivity index (χ1v) is 6.70. The lowest BCUT2D eigenvalue weighted by Gasteiger charge is -2.11. The number of aromatic nitrogens is 1. The highest BCUT2D eigenvalue weighted by molar-refractivity contribution is 5.94. The third kappa shape index (κ3) is 1.37. The van der Waals surface area contributed by atoms with Gasteiger partial charge in [-0.05, 0) is 23.6 Å². The molecule has 0 bridgehead atoms. The molecule has 3 aromatic rings. The maximum atomic E-state index is 12.7. The molecular formula is C17H13NO2. The summed E-state index contributed by atoms with van der Waals surface area (Å²) in [6.45, 7) is 0.689. The molecule has 0 saturated carbocycles. The largest absolute Gasteiger partial charge is 0.506 e. The van der Waals surface area contributed by atoms with Gasteiger partial charge in [0.1, 0.15) is 5.75 Å². The van der Waals surface area contributed by atoms with E-state index in [4.69, 9.17) is 0 Å². The van der Waals surface area contributed by atoms with E-state index >= 15 is 0 Å². The minimum absolute atomic E-state index is 0.0937. The summed E-state index contributed by atoms with van der Waals surface area (Å²) in [5.41, 5.74) is 3.07. The minimum Gasteiger partial charge on any atom is -0.506 e. The summed E-state index contributed by atoms with van der Waals surface area (Å²) in [5.74, 6) is 0.0937. The van der Waals surface area contributed by atoms with Gasteiger partial charge >= 0.3 is 0 Å². The molecule has 2 aromatic carbocycles. The third-order valence-electron chi connectivity index (χ3n) is 4.01. The van der Waals surface area contributed by atoms with Crippen LogP contribution in [0.5, 0.6) is 5.75 Å². The lowest BCUT2D eigenvalue weighted by molar-refractivity contribution is 0.481. The van der Waals surface area contributed by atoms with Gasteiger partial charge in [0.05, 0.1) is 11.1 Å². The summed E-state index contributed by atoms with van der Waals surface area (Å²) in [7, 11) is 0. The molecule has 0 aliphatic carbocycles. The number of hydrogen-bond acceptors (Lipinski definition) is 2. The van der Waals surface area contributed by atoms with Gasteiger partial charge in [-0.1, -0.05) is 42.5 Å². The SMILES string of the molecule is O=c1c(-c2ccccc2)c(O)c2cccc3c2n1CC3. The van der Waals surface area contributed by atoms with Crippen LogP contribution in [0.15, 0.2) is 53.3 Å². The number of benzene rings is 2. The molecule has 1 aromatic heterocycles. The Kier molecular flexibility index (Phi) is 2.24. The first-order chi connectivity index (χ1) is 9.77. The Morgan fingerprint density at radius 1 is 1.00 bits per heavy atom. The zero-order valence-corrected chi connectivity index (χ0v) is 10.8. The second-order valence-corrected chi connectivity index (χ2v) is 5.11. The Hall–Kier alpha value is -2.55. The molecule has 3 heteroatoms. The normalized spacial score (nSPS) is 13.0. The zero-order valence-electron chi connectivity index (χ0n) is 10.8. The van der Waals surface area contributed by atoms with Gasteiger partial charge in [0.2, 0.25) is 0 Å². The highest BCUT2D eigenvalue weighted by Crippen LogP contribution is 2.36. The van der Waals surface area contributed by atoms with Crippen molar-refractivity contribution in [3.8, 4) is 16.9 Å². The minimum atomic E-state index is -0.105. The predicted molar refractivity (Wildman–Crippen MR) is 79.0 cm³/mol. The summed E-state index contributed by atoms with van der Waals surface area (Å²) < 4.78 is 1.78. The predicted octanol–water partition coefficient (Wildman–Crippen LogP) is 2.93. The second-order valence-electron chi connectivity index (χ2n) is 5.11. The smallest absolute Gasteiger partial charge is 0.262 e. The van der Waals surface area contributed by atoms with Crippen molar-refractivity contribution in [1.82, 2.24) is 4.57 Å². The Bertz CT molecular complexity index is 879. The van der Waals surface area contributed by atoms with E-state index in [0.29, 0.717) is 12.1 Å². The number of hydrogen-bond donors (Lipinski definition) is 1. The average Bonchev–Trinajstić information content (AvgIpc) is 2.91. The fourth-order valence-corrected chi connectivity index (χ4v) is 3.09. The summed E-state index contributed by atoms with van der Waals surface area (Å²) in [5, 5.41) is 11.3. The van der Waals surface area contributed by atoms with Gasteiger partial charge in [-0.15, -0.1) is 0 Å². The van der Waals surface area contributed by atoms with Crippen LogP contribution in [0.1, 0.15) is 5.56 Å². The standard InChI is InChI=1S/C17H13NO2/c19-16-13-8-4-7-12-9-10-18(15(12)13)17(20)14(16)11-5-2-1-3-6-11/h1-8,19H,9-10H2. The Labute approximate surface area is 115 Å². The van der Waals surface area contributed by atoms with Gasteiger partial charge in [-0.3, -0.25) is 4.79 Å². The monoisotopic (exact) mass is 263 g/mol. The molecule has 1 N–H and O–H groups in total. The van der Waals surface area contributed by atoms with E-state index in [2.05, 4.69) is 0 Å². The Morgan fingerprint density at radius 3 is 2.60 bits per heavy atom. The topological polar surface area (TPSA) is 42.2 Å². The van der Waals surface area contributed by atoms with Crippen LogP contribution in [-0.4, -0.2) is 9.67 Å². The number of aromatic hydroxyl groups is 1. The van der Waals surface area contributed by atoms with Crippen LogP contribution in [-0.2, 0) is 13.0 Å². The zero-order chi connectivity index (χ0) is 13.7. The molecule has 0 saturated heterocycles. The van der Waals surface area contributed by atoms with E-state index in [1.54, 1.807) is 4.57 Å². The van der Waals surface area contributed by atoms with E-state index in [9.17, 15) is 9.90 Å². The summed E-state index contributed by atoms with van der Waals surface area (Å²) in [4.78, 5) is 12.7. The molecule has 1 aliphatic rings. The number of rotatable bonds is 1. The maximum Gasteiger partial charge on any atom is 0.262 e. The fourth-order valence-electron chi connectivity index (χ4n) is 3.09. The van der Waals surface area contributed by atoms with Crippen LogP contribution in [0, 0.1) is 0 Å². The molecule has 2 heterocycles. The Morgan fingerprint density at radius 2 is 1.80 bits per heavy atom. The van der Waals surface area contributed by atoms with E-state index in [1.165, 1.54) is 0 Å². The molecule has 0 atom stereocenters. The molecular weight excluding hydrogens is 250 g/mol. The summed E-state index contributed by atoms with van der Waals surface area (Å²) in [6, 6.07) is 15.2. The van der Waals surface area contributed by atoms with E-state index in [0.717, 1.165) is 28.5 Å². The van der Waals surface area contributed by atoms with E-state index in [-0.39, 0.29) is 11.3 Å². The number of pyridine rings is 1. The molecule has 0 fully saturated rings.